The predicted octanol–water partition coefficient (Wildman–Crippen LogP) is 2.16. The van der Waals surface area contributed by atoms with E-state index in [1.54, 1.807) is 14.2 Å². The van der Waals surface area contributed by atoms with E-state index in [9.17, 15) is 0 Å². The van der Waals surface area contributed by atoms with E-state index >= 15 is 0 Å². The van der Waals surface area contributed by atoms with Gasteiger partial charge in [0.25, 0.3) is 0 Å². The third-order valence-electron chi connectivity index (χ3n) is 2.97. The van der Waals surface area contributed by atoms with Gasteiger partial charge in [-0.3, -0.25) is 5.84 Å². The van der Waals surface area contributed by atoms with Gasteiger partial charge in [0.2, 0.25) is 0 Å². The number of furan rings is 1. The third kappa shape index (κ3) is 2.57. The summed E-state index contributed by atoms with van der Waals surface area (Å²) in [6.45, 7) is 1.89. The summed E-state index contributed by atoms with van der Waals surface area (Å²) < 4.78 is 16.4. The molecule has 1 unspecified atom stereocenters. The zero-order chi connectivity index (χ0) is 13.8. The lowest BCUT2D eigenvalue weighted by molar-refractivity contribution is 0.364. The first-order valence-corrected chi connectivity index (χ1v) is 5.94. The minimum atomic E-state index is -0.334. The van der Waals surface area contributed by atoms with Crippen LogP contribution in [0.2, 0.25) is 0 Å². The molecule has 102 valence electrons. The molecule has 0 fully saturated rings. The molecule has 1 atom stereocenters. The van der Waals surface area contributed by atoms with Crippen LogP contribution in [0.4, 0.5) is 0 Å². The van der Waals surface area contributed by atoms with E-state index in [1.165, 1.54) is 0 Å². The van der Waals surface area contributed by atoms with Crippen molar-refractivity contribution in [2.24, 2.45) is 5.84 Å². The molecule has 0 saturated heterocycles. The second-order valence-electron chi connectivity index (χ2n) is 4.12. The summed E-state index contributed by atoms with van der Waals surface area (Å²) in [5.74, 6) is 8.59. The average molecular weight is 262 g/mol. The number of hydrogen-bond acceptors (Lipinski definition) is 5. The first kappa shape index (κ1) is 13.5. The van der Waals surface area contributed by atoms with Crippen LogP contribution in [-0.4, -0.2) is 14.2 Å². The summed E-state index contributed by atoms with van der Waals surface area (Å²) in [5, 5.41) is 0. The van der Waals surface area contributed by atoms with Gasteiger partial charge in [-0.15, -0.1) is 0 Å². The second kappa shape index (κ2) is 5.77. The van der Waals surface area contributed by atoms with E-state index in [-0.39, 0.29) is 6.04 Å². The normalized spacial score (nSPS) is 12.2. The Morgan fingerprint density at radius 3 is 2.16 bits per heavy atom. The summed E-state index contributed by atoms with van der Waals surface area (Å²) in [6, 6.07) is 9.02. The first-order chi connectivity index (χ1) is 9.21. The minimum absolute atomic E-state index is 0.334. The fraction of sp³-hybridized carbons (Fsp3) is 0.286. The van der Waals surface area contributed by atoms with Crippen LogP contribution in [0, 0.1) is 6.92 Å². The molecule has 2 rings (SSSR count). The highest BCUT2D eigenvalue weighted by molar-refractivity contribution is 5.49. The number of hydrazine groups is 1. The largest absolute Gasteiger partial charge is 0.496 e. The van der Waals surface area contributed by atoms with Gasteiger partial charge in [0, 0.05) is 0 Å². The number of rotatable bonds is 5. The van der Waals surface area contributed by atoms with E-state index < -0.39 is 0 Å². The van der Waals surface area contributed by atoms with Gasteiger partial charge >= 0.3 is 0 Å². The Balaban J connectivity index is 2.53. The molecule has 1 aromatic carbocycles. The number of benzene rings is 1. The van der Waals surface area contributed by atoms with E-state index in [4.69, 9.17) is 19.7 Å². The smallest absolute Gasteiger partial charge is 0.127 e. The number of nitrogens with two attached hydrogens (primary N) is 1. The lowest BCUT2D eigenvalue weighted by Gasteiger charge is -2.20. The Morgan fingerprint density at radius 1 is 1.11 bits per heavy atom. The van der Waals surface area contributed by atoms with Crippen LogP contribution >= 0.6 is 0 Å². The molecule has 5 nitrogen and oxygen atoms in total. The van der Waals surface area contributed by atoms with Gasteiger partial charge in [-0.1, -0.05) is 6.07 Å². The van der Waals surface area contributed by atoms with Crippen LogP contribution in [0.5, 0.6) is 11.5 Å². The number of aryl methyl sites for hydroxylation is 1. The van der Waals surface area contributed by atoms with Crippen molar-refractivity contribution in [2.75, 3.05) is 14.2 Å². The molecule has 5 heteroatoms. The summed E-state index contributed by atoms with van der Waals surface area (Å²) in [4.78, 5) is 0. The summed E-state index contributed by atoms with van der Waals surface area (Å²) >= 11 is 0. The zero-order valence-electron chi connectivity index (χ0n) is 11.3. The molecular formula is C14H18N2O3. The second-order valence-corrected chi connectivity index (χ2v) is 4.12. The number of methoxy groups -OCH3 is 2. The van der Waals surface area contributed by atoms with Crippen molar-refractivity contribution in [3.8, 4) is 11.5 Å². The van der Waals surface area contributed by atoms with Gasteiger partial charge in [0.05, 0.1) is 19.8 Å². The maximum Gasteiger partial charge on any atom is 0.127 e. The van der Waals surface area contributed by atoms with Crippen LogP contribution in [0.1, 0.15) is 23.1 Å². The molecule has 0 radical (unpaired) electrons. The van der Waals surface area contributed by atoms with Crippen LogP contribution in [-0.2, 0) is 0 Å². The Morgan fingerprint density at radius 2 is 1.74 bits per heavy atom. The monoisotopic (exact) mass is 262 g/mol. The van der Waals surface area contributed by atoms with Crippen LogP contribution < -0.4 is 20.7 Å². The van der Waals surface area contributed by atoms with Gasteiger partial charge in [-0.25, -0.2) is 5.43 Å². The standard InChI is InChI=1S/C14H18N2O3/c1-9-7-8-12(19-9)14(16-15)13-10(17-2)5-4-6-11(13)18-3/h4-8,14,16H,15H2,1-3H3. The molecule has 0 bridgehead atoms. The average Bonchev–Trinajstić information content (AvgIpc) is 2.86. The molecule has 0 saturated carbocycles. The van der Waals surface area contributed by atoms with Crippen LogP contribution in [0.25, 0.3) is 0 Å². The topological polar surface area (TPSA) is 69.7 Å². The molecule has 3 N–H and O–H groups in total. The van der Waals surface area contributed by atoms with E-state index in [2.05, 4.69) is 5.43 Å². The summed E-state index contributed by atoms with van der Waals surface area (Å²) in [7, 11) is 3.22. The molecule has 0 spiro atoms. The van der Waals surface area contributed by atoms with Crippen molar-refractivity contribution in [2.45, 2.75) is 13.0 Å². The Hall–Kier alpha value is -1.98. The van der Waals surface area contributed by atoms with Gasteiger partial charge in [0.15, 0.2) is 0 Å². The van der Waals surface area contributed by atoms with Gasteiger partial charge < -0.3 is 13.9 Å². The fourth-order valence-electron chi connectivity index (χ4n) is 2.08. The maximum atomic E-state index is 5.67. The number of hydrogen-bond donors (Lipinski definition) is 2. The maximum absolute atomic E-state index is 5.67. The molecule has 0 aliphatic heterocycles. The summed E-state index contributed by atoms with van der Waals surface area (Å²) in [5.41, 5.74) is 3.55. The molecule has 1 aromatic heterocycles. The fourth-order valence-corrected chi connectivity index (χ4v) is 2.08. The lowest BCUT2D eigenvalue weighted by atomic mass is 10.0. The van der Waals surface area contributed by atoms with Gasteiger partial charge in [-0.05, 0) is 31.2 Å². The van der Waals surface area contributed by atoms with E-state index in [0.717, 1.165) is 11.3 Å². The van der Waals surface area contributed by atoms with Crippen LogP contribution in [0.3, 0.4) is 0 Å². The number of ether oxygens (including phenoxy) is 2. The first-order valence-electron chi connectivity index (χ1n) is 5.94. The molecule has 2 aromatic rings. The van der Waals surface area contributed by atoms with Crippen molar-refractivity contribution in [3.63, 3.8) is 0 Å². The van der Waals surface area contributed by atoms with Crippen molar-refractivity contribution >= 4 is 0 Å². The van der Waals surface area contributed by atoms with Crippen LogP contribution in [0.15, 0.2) is 34.7 Å². The Labute approximate surface area is 112 Å². The van der Waals surface area contributed by atoms with E-state index in [0.29, 0.717) is 17.3 Å². The quantitative estimate of drug-likeness (QED) is 0.638. The van der Waals surface area contributed by atoms with Crippen molar-refractivity contribution in [1.82, 2.24) is 5.43 Å². The highest BCUT2D eigenvalue weighted by Gasteiger charge is 2.24. The van der Waals surface area contributed by atoms with E-state index in [1.807, 2.05) is 37.3 Å². The third-order valence-corrected chi connectivity index (χ3v) is 2.97. The van der Waals surface area contributed by atoms with Crippen molar-refractivity contribution in [3.05, 3.63) is 47.4 Å². The van der Waals surface area contributed by atoms with Gasteiger partial charge in [0.1, 0.15) is 29.1 Å². The number of nitrogens with one attached hydrogen (secondary N) is 1. The Kier molecular flexibility index (Phi) is 4.09. The highest BCUT2D eigenvalue weighted by Crippen LogP contribution is 2.37. The van der Waals surface area contributed by atoms with Crippen molar-refractivity contribution < 1.29 is 13.9 Å². The van der Waals surface area contributed by atoms with Crippen molar-refractivity contribution in [1.29, 1.82) is 0 Å². The molecule has 0 aliphatic rings. The predicted molar refractivity (Wildman–Crippen MR) is 72.2 cm³/mol. The molecular weight excluding hydrogens is 244 g/mol. The lowest BCUT2D eigenvalue weighted by Crippen LogP contribution is -2.29. The summed E-state index contributed by atoms with van der Waals surface area (Å²) in [6.07, 6.45) is 0. The highest BCUT2D eigenvalue weighted by atomic mass is 16.5. The molecule has 1 heterocycles. The molecule has 0 amide bonds. The SMILES string of the molecule is COc1cccc(OC)c1C(NN)c1ccc(C)o1. The Bertz CT molecular complexity index is 529. The minimum Gasteiger partial charge on any atom is -0.496 e. The molecule has 19 heavy (non-hydrogen) atoms. The van der Waals surface area contributed by atoms with Gasteiger partial charge in [-0.2, -0.15) is 0 Å². The molecule has 0 aliphatic carbocycles. The zero-order valence-corrected chi connectivity index (χ0v) is 11.3.